The third-order valence-corrected chi connectivity index (χ3v) is 9.06. The second kappa shape index (κ2) is 11.9. The molecule has 3 aliphatic heterocycles. The zero-order valence-electron chi connectivity index (χ0n) is 24.4. The van der Waals surface area contributed by atoms with Crippen LogP contribution in [-0.4, -0.2) is 70.8 Å². The predicted molar refractivity (Wildman–Crippen MR) is 154 cm³/mol. The number of aryl methyl sites for hydroxylation is 2. The SMILES string of the molecule is C=CCCCCOC(=O)[C@@H]1[C@H]2C(=O)N([C@@H](CC)CO)C(C(=O)N(CC=C)c3cc(C)ccc3C)C23CC[C@@]1(C)O3. The summed E-state index contributed by atoms with van der Waals surface area (Å²) in [5.74, 6) is -2.75. The van der Waals surface area contributed by atoms with E-state index in [1.807, 2.05) is 52.0 Å². The first-order chi connectivity index (χ1) is 19.1. The Morgan fingerprint density at radius 3 is 2.65 bits per heavy atom. The van der Waals surface area contributed by atoms with E-state index in [-0.39, 0.29) is 31.6 Å². The maximum absolute atomic E-state index is 14.7. The van der Waals surface area contributed by atoms with Crippen LogP contribution in [0.2, 0.25) is 0 Å². The van der Waals surface area contributed by atoms with Crippen LogP contribution in [-0.2, 0) is 23.9 Å². The van der Waals surface area contributed by atoms with Crippen molar-refractivity contribution in [3.63, 3.8) is 0 Å². The van der Waals surface area contributed by atoms with E-state index in [1.165, 1.54) is 4.90 Å². The smallest absolute Gasteiger partial charge is 0.312 e. The van der Waals surface area contributed by atoms with Crippen molar-refractivity contribution in [3.8, 4) is 0 Å². The van der Waals surface area contributed by atoms with E-state index in [4.69, 9.17) is 9.47 Å². The normalized spacial score (nSPS) is 29.3. The molecule has 0 radical (unpaired) electrons. The Balaban J connectivity index is 1.76. The van der Waals surface area contributed by atoms with Crippen LogP contribution >= 0.6 is 0 Å². The highest BCUT2D eigenvalue weighted by Crippen LogP contribution is 2.64. The van der Waals surface area contributed by atoms with Crippen molar-refractivity contribution in [3.05, 3.63) is 54.6 Å². The van der Waals surface area contributed by atoms with Gasteiger partial charge in [0.15, 0.2) is 0 Å². The van der Waals surface area contributed by atoms with Crippen molar-refractivity contribution in [1.29, 1.82) is 0 Å². The van der Waals surface area contributed by atoms with Crippen LogP contribution < -0.4 is 4.90 Å². The summed E-state index contributed by atoms with van der Waals surface area (Å²) in [6.45, 7) is 15.5. The second-order valence-electron chi connectivity index (χ2n) is 11.7. The Kier molecular flexibility index (Phi) is 8.90. The first-order valence-corrected chi connectivity index (χ1v) is 14.5. The maximum Gasteiger partial charge on any atom is 0.312 e. The van der Waals surface area contributed by atoms with Crippen LogP contribution in [0.4, 0.5) is 5.69 Å². The van der Waals surface area contributed by atoms with Gasteiger partial charge >= 0.3 is 5.97 Å². The molecule has 40 heavy (non-hydrogen) atoms. The number of likely N-dealkylation sites (tertiary alicyclic amines) is 1. The van der Waals surface area contributed by atoms with Crippen molar-refractivity contribution in [2.24, 2.45) is 11.8 Å². The van der Waals surface area contributed by atoms with Crippen LogP contribution in [0.25, 0.3) is 0 Å². The molecule has 8 nitrogen and oxygen atoms in total. The average Bonchev–Trinajstić information content (AvgIpc) is 3.50. The molecule has 1 aromatic carbocycles. The topological polar surface area (TPSA) is 96.4 Å². The maximum atomic E-state index is 14.7. The minimum atomic E-state index is -1.19. The van der Waals surface area contributed by atoms with Gasteiger partial charge in [0, 0.05) is 12.2 Å². The molecule has 0 saturated carbocycles. The minimum Gasteiger partial charge on any atom is -0.465 e. The molecule has 3 aliphatic rings. The molecule has 0 aliphatic carbocycles. The molecular formula is C32H44N2O6. The van der Waals surface area contributed by atoms with Crippen molar-refractivity contribution >= 4 is 23.5 Å². The highest BCUT2D eigenvalue weighted by molar-refractivity contribution is 6.05. The number of anilines is 1. The lowest BCUT2D eigenvalue weighted by Crippen LogP contribution is -2.59. The lowest BCUT2D eigenvalue weighted by Gasteiger charge is -2.39. The molecule has 4 rings (SSSR count). The first-order valence-electron chi connectivity index (χ1n) is 14.5. The van der Waals surface area contributed by atoms with Gasteiger partial charge in [0.1, 0.15) is 17.6 Å². The fourth-order valence-electron chi connectivity index (χ4n) is 7.05. The molecule has 0 aromatic heterocycles. The molecule has 8 heteroatoms. The lowest BCUT2D eigenvalue weighted by atomic mass is 9.66. The number of aliphatic hydroxyl groups is 1. The number of benzene rings is 1. The van der Waals surface area contributed by atoms with Gasteiger partial charge < -0.3 is 24.4 Å². The van der Waals surface area contributed by atoms with Gasteiger partial charge in [-0.15, -0.1) is 13.2 Å². The average molecular weight is 553 g/mol. The molecule has 2 amide bonds. The number of amides is 2. The second-order valence-corrected chi connectivity index (χ2v) is 11.7. The molecular weight excluding hydrogens is 508 g/mol. The molecule has 3 fully saturated rings. The van der Waals surface area contributed by atoms with Crippen molar-refractivity contribution in [1.82, 2.24) is 4.90 Å². The Labute approximate surface area is 238 Å². The zero-order chi connectivity index (χ0) is 29.2. The summed E-state index contributed by atoms with van der Waals surface area (Å²) in [4.78, 5) is 45.7. The molecule has 1 N–H and O–H groups in total. The van der Waals surface area contributed by atoms with E-state index in [1.54, 1.807) is 11.0 Å². The number of carbonyl (C=O) groups excluding carboxylic acids is 3. The van der Waals surface area contributed by atoms with E-state index in [2.05, 4.69) is 13.2 Å². The fraction of sp³-hybridized carbons (Fsp3) is 0.594. The quantitative estimate of drug-likeness (QED) is 0.223. The Morgan fingerprint density at radius 2 is 2.00 bits per heavy atom. The van der Waals surface area contributed by atoms with E-state index in [9.17, 15) is 19.5 Å². The number of unbranched alkanes of at least 4 members (excludes halogenated alkanes) is 2. The summed E-state index contributed by atoms with van der Waals surface area (Å²) in [6.07, 6.45) is 7.35. The summed E-state index contributed by atoms with van der Waals surface area (Å²) in [5.41, 5.74) is 0.563. The standard InChI is InChI=1S/C32H44N2O6/c1-7-10-11-12-18-39-30(38)26-25-28(36)34(23(9-3)20-35)27(32(25)16-15-31(26,6)40-32)29(37)33(17-8-2)24-19-21(4)13-14-22(24)5/h7-8,13-14,19,23,25-27,35H,1-2,9-12,15-18,20H2,3-6H3/t23-,25-,26-,27?,31+,32?/m0/s1. The van der Waals surface area contributed by atoms with Crippen LogP contribution in [0.15, 0.2) is 43.5 Å². The summed E-state index contributed by atoms with van der Waals surface area (Å²) in [7, 11) is 0. The van der Waals surface area contributed by atoms with Crippen molar-refractivity contribution in [2.75, 3.05) is 24.7 Å². The number of ether oxygens (including phenoxy) is 2. The number of fused-ring (bicyclic) bond motifs is 1. The predicted octanol–water partition coefficient (Wildman–Crippen LogP) is 4.26. The molecule has 1 spiro atoms. The fourth-order valence-corrected chi connectivity index (χ4v) is 7.05. The summed E-state index contributed by atoms with van der Waals surface area (Å²) in [6, 6.07) is 4.34. The third kappa shape index (κ3) is 4.90. The van der Waals surface area contributed by atoms with Crippen molar-refractivity contribution in [2.45, 2.75) is 89.5 Å². The largest absolute Gasteiger partial charge is 0.465 e. The van der Waals surface area contributed by atoms with Gasteiger partial charge in [-0.2, -0.15) is 0 Å². The number of carbonyl (C=O) groups is 3. The monoisotopic (exact) mass is 552 g/mol. The molecule has 3 saturated heterocycles. The van der Waals surface area contributed by atoms with Crippen LogP contribution in [0, 0.1) is 25.7 Å². The Morgan fingerprint density at radius 1 is 1.25 bits per heavy atom. The van der Waals surface area contributed by atoms with Gasteiger partial charge in [-0.05, 0) is 76.5 Å². The molecule has 3 heterocycles. The molecule has 218 valence electrons. The van der Waals surface area contributed by atoms with Gasteiger partial charge in [-0.25, -0.2) is 0 Å². The van der Waals surface area contributed by atoms with E-state index in [0.29, 0.717) is 25.7 Å². The van der Waals surface area contributed by atoms with Crippen LogP contribution in [0.5, 0.6) is 0 Å². The van der Waals surface area contributed by atoms with E-state index in [0.717, 1.165) is 29.7 Å². The molecule has 2 bridgehead atoms. The van der Waals surface area contributed by atoms with Gasteiger partial charge in [0.2, 0.25) is 5.91 Å². The first kappa shape index (κ1) is 30.0. The van der Waals surface area contributed by atoms with Gasteiger partial charge in [-0.1, -0.05) is 31.2 Å². The summed E-state index contributed by atoms with van der Waals surface area (Å²) in [5, 5.41) is 10.3. The third-order valence-electron chi connectivity index (χ3n) is 9.06. The highest BCUT2D eigenvalue weighted by atomic mass is 16.6. The Hall–Kier alpha value is -2.97. The van der Waals surface area contributed by atoms with Crippen LogP contribution in [0.1, 0.15) is 63.5 Å². The summed E-state index contributed by atoms with van der Waals surface area (Å²) < 4.78 is 12.4. The van der Waals surface area contributed by atoms with Crippen molar-refractivity contribution < 1.29 is 29.0 Å². The van der Waals surface area contributed by atoms with Gasteiger partial charge in [0.25, 0.3) is 5.91 Å². The van der Waals surface area contributed by atoms with Gasteiger partial charge in [0.05, 0.1) is 30.8 Å². The number of aliphatic hydroxyl groups excluding tert-OH is 1. The molecule has 2 unspecified atom stereocenters. The van der Waals surface area contributed by atoms with Crippen LogP contribution in [0.3, 0.4) is 0 Å². The number of hydrogen-bond donors (Lipinski definition) is 1. The number of esters is 1. The van der Waals surface area contributed by atoms with E-state index >= 15 is 0 Å². The lowest BCUT2D eigenvalue weighted by molar-refractivity contribution is -0.160. The highest BCUT2D eigenvalue weighted by Gasteiger charge is 2.79. The number of hydrogen-bond acceptors (Lipinski definition) is 6. The number of allylic oxidation sites excluding steroid dienone is 1. The zero-order valence-corrected chi connectivity index (χ0v) is 24.4. The number of rotatable bonds is 13. The summed E-state index contributed by atoms with van der Waals surface area (Å²) >= 11 is 0. The van der Waals surface area contributed by atoms with Gasteiger partial charge in [-0.3, -0.25) is 14.4 Å². The van der Waals surface area contributed by atoms with E-state index < -0.39 is 41.1 Å². The molecule has 6 atom stereocenters. The molecule has 1 aromatic rings. The Bertz CT molecular complexity index is 1160. The number of nitrogens with zero attached hydrogens (tertiary/aromatic N) is 2. The minimum absolute atomic E-state index is 0.242.